The second kappa shape index (κ2) is 3.61. The number of aliphatic hydroxyl groups is 1. The molecule has 0 radical (unpaired) electrons. The smallest absolute Gasteiger partial charge is 0.0723 e. The molecule has 0 amide bonds. The maximum atomic E-state index is 9.03. The maximum absolute atomic E-state index is 9.03. The molecule has 0 bridgehead atoms. The maximum Gasteiger partial charge on any atom is 0.0723 e. The monoisotopic (exact) mass is 212 g/mol. The molecule has 0 aliphatic rings. The average Bonchev–Trinajstić information content (AvgIpc) is 2.73. The summed E-state index contributed by atoms with van der Waals surface area (Å²) >= 11 is 0. The summed E-state index contributed by atoms with van der Waals surface area (Å²) < 4.78 is 2.07. The van der Waals surface area contributed by atoms with Gasteiger partial charge in [0.25, 0.3) is 0 Å². The Labute approximate surface area is 93.0 Å². The van der Waals surface area contributed by atoms with Crippen LogP contribution in [-0.4, -0.2) is 21.3 Å². The predicted molar refractivity (Wildman–Crippen MR) is 64.3 cm³/mol. The van der Waals surface area contributed by atoms with Crippen molar-refractivity contribution in [3.05, 3.63) is 42.7 Å². The van der Waals surface area contributed by atoms with Gasteiger partial charge in [0.15, 0.2) is 0 Å². The van der Waals surface area contributed by atoms with Crippen molar-refractivity contribution < 1.29 is 5.11 Å². The molecule has 0 atom stereocenters. The highest BCUT2D eigenvalue weighted by atomic mass is 16.3. The zero-order valence-corrected chi connectivity index (χ0v) is 8.80. The van der Waals surface area contributed by atoms with E-state index >= 15 is 0 Å². The van der Waals surface area contributed by atoms with Crippen LogP contribution in [0.1, 0.15) is 0 Å². The lowest BCUT2D eigenvalue weighted by molar-refractivity contribution is 0.278. The Morgan fingerprint density at radius 2 is 2.06 bits per heavy atom. The van der Waals surface area contributed by atoms with Crippen molar-refractivity contribution in [1.29, 1.82) is 0 Å². The van der Waals surface area contributed by atoms with E-state index in [1.807, 2.05) is 36.7 Å². The molecule has 0 unspecified atom stereocenters. The van der Waals surface area contributed by atoms with E-state index in [4.69, 9.17) is 5.11 Å². The summed E-state index contributed by atoms with van der Waals surface area (Å²) in [5, 5.41) is 11.3. The van der Waals surface area contributed by atoms with E-state index in [2.05, 4.69) is 15.6 Å². The van der Waals surface area contributed by atoms with Gasteiger partial charge >= 0.3 is 0 Å². The number of aliphatic hydroxyl groups excluding tert-OH is 1. The highest BCUT2D eigenvalue weighted by molar-refractivity contribution is 6.03. The molecule has 1 N–H and O–H groups in total. The number of hydrogen-bond donors (Lipinski definition) is 1. The lowest BCUT2D eigenvalue weighted by atomic mass is 10.2. The molecule has 80 valence electrons. The third kappa shape index (κ3) is 1.29. The van der Waals surface area contributed by atoms with Gasteiger partial charge in [-0.2, -0.15) is 0 Å². The minimum atomic E-state index is 0.153. The first-order valence-corrected chi connectivity index (χ1v) is 5.33. The number of pyridine rings is 1. The van der Waals surface area contributed by atoms with Crippen LogP contribution in [0.25, 0.3) is 21.8 Å². The summed E-state index contributed by atoms with van der Waals surface area (Å²) in [7, 11) is 0. The minimum absolute atomic E-state index is 0.153. The summed E-state index contributed by atoms with van der Waals surface area (Å²) in [6, 6.07) is 10.1. The van der Waals surface area contributed by atoms with Crippen LogP contribution in [0.15, 0.2) is 42.7 Å². The summed E-state index contributed by atoms with van der Waals surface area (Å²) in [6.07, 6.45) is 3.88. The quantitative estimate of drug-likeness (QED) is 0.707. The Kier molecular flexibility index (Phi) is 2.11. The molecule has 0 saturated carbocycles. The van der Waals surface area contributed by atoms with Crippen molar-refractivity contribution in [3.63, 3.8) is 0 Å². The normalized spacial score (nSPS) is 11.3. The van der Waals surface area contributed by atoms with Gasteiger partial charge in [0.2, 0.25) is 0 Å². The lowest BCUT2D eigenvalue weighted by Crippen LogP contribution is -2.00. The Bertz CT molecular complexity index is 643. The number of fused-ring (bicyclic) bond motifs is 3. The fourth-order valence-corrected chi connectivity index (χ4v) is 2.12. The van der Waals surface area contributed by atoms with Gasteiger partial charge in [-0.1, -0.05) is 18.2 Å². The topological polar surface area (TPSA) is 38.0 Å². The molecule has 0 aliphatic heterocycles. The number of benzene rings is 1. The average molecular weight is 212 g/mol. The van der Waals surface area contributed by atoms with E-state index in [0.29, 0.717) is 6.54 Å². The van der Waals surface area contributed by atoms with Crippen LogP contribution >= 0.6 is 0 Å². The highest BCUT2D eigenvalue weighted by Crippen LogP contribution is 2.24. The van der Waals surface area contributed by atoms with E-state index in [1.165, 1.54) is 0 Å². The number of rotatable bonds is 2. The Balaban J connectivity index is 2.42. The molecular formula is C13H12N2O. The summed E-state index contributed by atoms with van der Waals surface area (Å²) in [5.41, 5.74) is 2.15. The van der Waals surface area contributed by atoms with Gasteiger partial charge in [0.05, 0.1) is 17.6 Å². The molecule has 0 fully saturated rings. The minimum Gasteiger partial charge on any atom is -0.395 e. The fourth-order valence-electron chi connectivity index (χ4n) is 2.12. The number of para-hydroxylation sites is 1. The largest absolute Gasteiger partial charge is 0.395 e. The van der Waals surface area contributed by atoms with Crippen LogP contribution in [0.5, 0.6) is 0 Å². The molecule has 0 spiro atoms. The van der Waals surface area contributed by atoms with E-state index in [9.17, 15) is 0 Å². The van der Waals surface area contributed by atoms with Crippen LogP contribution < -0.4 is 0 Å². The Morgan fingerprint density at radius 3 is 2.94 bits per heavy atom. The first-order chi connectivity index (χ1) is 7.90. The molecule has 0 saturated heterocycles. The van der Waals surface area contributed by atoms with Gasteiger partial charge in [-0.15, -0.1) is 0 Å². The van der Waals surface area contributed by atoms with Gasteiger partial charge in [0.1, 0.15) is 0 Å². The number of nitrogens with zero attached hydrogens (tertiary/aromatic N) is 2. The standard InChI is InChI=1S/C13H12N2O/c16-8-7-15-6-5-10-9-14-12-4-2-1-3-11(12)13(10)15/h1-6,9,16H,7-8H2. The third-order valence-corrected chi connectivity index (χ3v) is 2.84. The van der Waals surface area contributed by atoms with Gasteiger partial charge in [0, 0.05) is 29.7 Å². The number of hydrogen-bond acceptors (Lipinski definition) is 2. The summed E-state index contributed by atoms with van der Waals surface area (Å²) in [6.45, 7) is 0.776. The van der Waals surface area contributed by atoms with E-state index in [0.717, 1.165) is 21.8 Å². The van der Waals surface area contributed by atoms with Crippen molar-refractivity contribution in [2.24, 2.45) is 0 Å². The molecule has 16 heavy (non-hydrogen) atoms. The molecule has 2 heterocycles. The lowest BCUT2D eigenvalue weighted by Gasteiger charge is -2.05. The van der Waals surface area contributed by atoms with Crippen molar-refractivity contribution >= 4 is 21.8 Å². The summed E-state index contributed by atoms with van der Waals surface area (Å²) in [4.78, 5) is 4.41. The zero-order valence-electron chi connectivity index (χ0n) is 8.80. The van der Waals surface area contributed by atoms with Crippen LogP contribution in [0.4, 0.5) is 0 Å². The van der Waals surface area contributed by atoms with Crippen molar-refractivity contribution in [1.82, 2.24) is 9.55 Å². The van der Waals surface area contributed by atoms with Gasteiger partial charge < -0.3 is 9.67 Å². The van der Waals surface area contributed by atoms with Crippen molar-refractivity contribution in [3.8, 4) is 0 Å². The zero-order chi connectivity index (χ0) is 11.0. The molecule has 1 aromatic carbocycles. The first kappa shape index (κ1) is 9.36. The predicted octanol–water partition coefficient (Wildman–Crippen LogP) is 2.18. The van der Waals surface area contributed by atoms with Gasteiger partial charge in [-0.05, 0) is 12.1 Å². The first-order valence-electron chi connectivity index (χ1n) is 5.33. The third-order valence-electron chi connectivity index (χ3n) is 2.84. The molecule has 2 aromatic heterocycles. The van der Waals surface area contributed by atoms with Crippen LogP contribution in [-0.2, 0) is 6.54 Å². The van der Waals surface area contributed by atoms with Crippen LogP contribution in [0.2, 0.25) is 0 Å². The second-order valence-corrected chi connectivity index (χ2v) is 3.81. The van der Waals surface area contributed by atoms with E-state index < -0.39 is 0 Å². The molecular weight excluding hydrogens is 200 g/mol. The Hall–Kier alpha value is -1.87. The molecule has 0 aliphatic carbocycles. The van der Waals surface area contributed by atoms with Crippen molar-refractivity contribution in [2.75, 3.05) is 6.61 Å². The highest BCUT2D eigenvalue weighted by Gasteiger charge is 2.05. The van der Waals surface area contributed by atoms with Crippen molar-refractivity contribution in [2.45, 2.75) is 6.54 Å². The second-order valence-electron chi connectivity index (χ2n) is 3.81. The van der Waals surface area contributed by atoms with Crippen LogP contribution in [0, 0.1) is 0 Å². The molecule has 3 aromatic rings. The SMILES string of the molecule is OCCn1ccc2cnc3ccccc3c21. The van der Waals surface area contributed by atoms with Gasteiger partial charge in [-0.3, -0.25) is 4.98 Å². The Morgan fingerprint density at radius 1 is 1.19 bits per heavy atom. The van der Waals surface area contributed by atoms with Gasteiger partial charge in [-0.25, -0.2) is 0 Å². The van der Waals surface area contributed by atoms with Crippen LogP contribution in [0.3, 0.4) is 0 Å². The van der Waals surface area contributed by atoms with E-state index in [1.54, 1.807) is 0 Å². The molecule has 3 nitrogen and oxygen atoms in total. The number of aromatic nitrogens is 2. The fraction of sp³-hybridized carbons (Fsp3) is 0.154. The summed E-state index contributed by atoms with van der Waals surface area (Å²) in [5.74, 6) is 0. The molecule has 3 heteroatoms. The van der Waals surface area contributed by atoms with E-state index in [-0.39, 0.29) is 6.61 Å². The molecule has 3 rings (SSSR count).